The van der Waals surface area contributed by atoms with Gasteiger partial charge in [-0.25, -0.2) is 4.79 Å². The molecule has 3 nitrogen and oxygen atoms in total. The summed E-state index contributed by atoms with van der Waals surface area (Å²) in [7, 11) is 0. The summed E-state index contributed by atoms with van der Waals surface area (Å²) in [6.07, 6.45) is -1.08. The second-order valence-corrected chi connectivity index (χ2v) is 2.75. The number of hydrogen-bond acceptors (Lipinski definition) is 1. The number of rotatable bonds is 1. The zero-order chi connectivity index (χ0) is 9.14. The molecule has 0 aliphatic rings. The highest BCUT2D eigenvalue weighted by Gasteiger charge is 2.03. The van der Waals surface area contributed by atoms with Gasteiger partial charge in [-0.1, -0.05) is 17.7 Å². The van der Waals surface area contributed by atoms with Crippen LogP contribution in [0, 0.1) is 6.92 Å². The Balaban J connectivity index is 3.00. The first-order chi connectivity index (χ1) is 5.61. The Morgan fingerprint density at radius 3 is 2.83 bits per heavy atom. The van der Waals surface area contributed by atoms with Gasteiger partial charge >= 0.3 is 6.09 Å². The highest BCUT2D eigenvalue weighted by molar-refractivity contribution is 6.31. The number of benzene rings is 1. The highest BCUT2D eigenvalue weighted by Crippen LogP contribution is 2.22. The molecule has 0 aromatic heterocycles. The van der Waals surface area contributed by atoms with Crippen molar-refractivity contribution in [1.82, 2.24) is 0 Å². The zero-order valence-electron chi connectivity index (χ0n) is 6.47. The summed E-state index contributed by atoms with van der Waals surface area (Å²) in [5.41, 5.74) is 1.26. The van der Waals surface area contributed by atoms with Gasteiger partial charge in [0, 0.05) is 10.7 Å². The summed E-state index contributed by atoms with van der Waals surface area (Å²) in [4.78, 5) is 10.3. The van der Waals surface area contributed by atoms with Crippen molar-refractivity contribution in [1.29, 1.82) is 0 Å². The fraction of sp³-hybridized carbons (Fsp3) is 0.125. The number of carboxylic acid groups (broad SMARTS) is 1. The average Bonchev–Trinajstić information content (AvgIpc) is 1.98. The monoisotopic (exact) mass is 185 g/mol. The second kappa shape index (κ2) is 3.45. The van der Waals surface area contributed by atoms with Crippen LogP contribution in [0.15, 0.2) is 18.2 Å². The third-order valence-corrected chi connectivity index (χ3v) is 1.92. The first-order valence-corrected chi connectivity index (χ1v) is 3.74. The van der Waals surface area contributed by atoms with E-state index in [9.17, 15) is 4.79 Å². The molecule has 0 heterocycles. The molecule has 0 fully saturated rings. The average molecular weight is 186 g/mol. The molecule has 0 atom stereocenters. The van der Waals surface area contributed by atoms with E-state index in [4.69, 9.17) is 16.7 Å². The van der Waals surface area contributed by atoms with E-state index in [-0.39, 0.29) is 0 Å². The number of hydrogen-bond donors (Lipinski definition) is 2. The van der Waals surface area contributed by atoms with Crippen LogP contribution in [0.1, 0.15) is 5.56 Å². The van der Waals surface area contributed by atoms with E-state index >= 15 is 0 Å². The lowest BCUT2D eigenvalue weighted by molar-refractivity contribution is 0.209. The summed E-state index contributed by atoms with van der Waals surface area (Å²) in [6.45, 7) is 1.76. The maximum Gasteiger partial charge on any atom is 0.409 e. The molecule has 12 heavy (non-hydrogen) atoms. The van der Waals surface area contributed by atoms with E-state index in [1.165, 1.54) is 0 Å². The maximum absolute atomic E-state index is 10.3. The van der Waals surface area contributed by atoms with Crippen molar-refractivity contribution in [2.24, 2.45) is 0 Å². The first-order valence-electron chi connectivity index (χ1n) is 3.36. The van der Waals surface area contributed by atoms with Crippen LogP contribution in [0.5, 0.6) is 0 Å². The Morgan fingerprint density at radius 1 is 1.58 bits per heavy atom. The number of carbonyl (C=O) groups is 1. The molecule has 0 saturated carbocycles. The van der Waals surface area contributed by atoms with Crippen molar-refractivity contribution >= 4 is 23.4 Å². The Bertz CT molecular complexity index is 312. The van der Waals surface area contributed by atoms with Gasteiger partial charge in [-0.05, 0) is 24.6 Å². The van der Waals surface area contributed by atoms with Crippen LogP contribution in [0.4, 0.5) is 10.5 Å². The molecule has 0 saturated heterocycles. The second-order valence-electron chi connectivity index (χ2n) is 2.34. The van der Waals surface area contributed by atoms with Crippen LogP contribution in [-0.2, 0) is 0 Å². The molecule has 1 aromatic rings. The molecule has 0 unspecified atom stereocenters. The van der Waals surface area contributed by atoms with Crippen LogP contribution in [0.2, 0.25) is 5.02 Å². The van der Waals surface area contributed by atoms with Crippen LogP contribution < -0.4 is 5.32 Å². The molecule has 4 heteroatoms. The molecule has 0 spiro atoms. The van der Waals surface area contributed by atoms with E-state index in [0.717, 1.165) is 5.56 Å². The van der Waals surface area contributed by atoms with Gasteiger partial charge < -0.3 is 5.11 Å². The van der Waals surface area contributed by atoms with Crippen molar-refractivity contribution in [2.75, 3.05) is 5.32 Å². The first kappa shape index (κ1) is 8.87. The molecular weight excluding hydrogens is 178 g/mol. The van der Waals surface area contributed by atoms with Crippen molar-refractivity contribution in [3.8, 4) is 0 Å². The Labute approximate surface area is 75.0 Å². The molecule has 0 radical (unpaired) electrons. The Hall–Kier alpha value is -1.22. The van der Waals surface area contributed by atoms with Gasteiger partial charge in [0.15, 0.2) is 0 Å². The molecule has 64 valence electrons. The van der Waals surface area contributed by atoms with Crippen molar-refractivity contribution in [2.45, 2.75) is 6.92 Å². The van der Waals surface area contributed by atoms with Crippen molar-refractivity contribution in [3.05, 3.63) is 28.8 Å². The van der Waals surface area contributed by atoms with Gasteiger partial charge in [0.25, 0.3) is 0 Å². The molecule has 1 rings (SSSR count). The van der Waals surface area contributed by atoms with E-state index < -0.39 is 6.09 Å². The number of anilines is 1. The summed E-state index contributed by atoms with van der Waals surface area (Å²) < 4.78 is 0. The minimum absolute atomic E-state index is 0.523. The summed E-state index contributed by atoms with van der Waals surface area (Å²) in [6, 6.07) is 5.07. The molecular formula is C8H8ClNO2. The lowest BCUT2D eigenvalue weighted by atomic mass is 10.2. The Morgan fingerprint density at radius 2 is 2.25 bits per heavy atom. The lowest BCUT2D eigenvalue weighted by Crippen LogP contribution is -2.08. The van der Waals surface area contributed by atoms with Crippen LogP contribution in [-0.4, -0.2) is 11.2 Å². The van der Waals surface area contributed by atoms with Gasteiger partial charge in [-0.15, -0.1) is 0 Å². The number of nitrogens with one attached hydrogen (secondary N) is 1. The van der Waals surface area contributed by atoms with E-state index in [1.807, 2.05) is 0 Å². The standard InChI is InChI=1S/C8H8ClNO2/c1-5-6(9)3-2-4-7(5)10-8(11)12/h2-4,10H,1H3,(H,11,12). The third kappa shape index (κ3) is 1.89. The predicted molar refractivity (Wildman–Crippen MR) is 47.8 cm³/mol. The normalized spacial score (nSPS) is 9.50. The minimum Gasteiger partial charge on any atom is -0.465 e. The summed E-state index contributed by atoms with van der Waals surface area (Å²) >= 11 is 5.76. The largest absolute Gasteiger partial charge is 0.465 e. The summed E-state index contributed by atoms with van der Waals surface area (Å²) in [5, 5.41) is 11.2. The summed E-state index contributed by atoms with van der Waals surface area (Å²) in [5.74, 6) is 0. The van der Waals surface area contributed by atoms with Gasteiger partial charge in [0.1, 0.15) is 0 Å². The minimum atomic E-state index is -1.08. The van der Waals surface area contributed by atoms with E-state index in [0.29, 0.717) is 10.7 Å². The Kier molecular flexibility index (Phi) is 2.55. The fourth-order valence-electron chi connectivity index (χ4n) is 0.858. The molecule has 0 aliphatic heterocycles. The maximum atomic E-state index is 10.3. The zero-order valence-corrected chi connectivity index (χ0v) is 7.22. The third-order valence-electron chi connectivity index (χ3n) is 1.51. The van der Waals surface area contributed by atoms with Crippen LogP contribution in [0.3, 0.4) is 0 Å². The molecule has 2 N–H and O–H groups in total. The lowest BCUT2D eigenvalue weighted by Gasteiger charge is -2.05. The van der Waals surface area contributed by atoms with E-state index in [1.54, 1.807) is 25.1 Å². The smallest absolute Gasteiger partial charge is 0.409 e. The van der Waals surface area contributed by atoms with E-state index in [2.05, 4.69) is 5.32 Å². The molecule has 1 aromatic carbocycles. The predicted octanol–water partition coefficient (Wildman–Crippen LogP) is 2.74. The molecule has 0 bridgehead atoms. The number of halogens is 1. The number of amides is 1. The quantitative estimate of drug-likeness (QED) is 0.707. The van der Waals surface area contributed by atoms with Gasteiger partial charge in [-0.2, -0.15) is 0 Å². The van der Waals surface area contributed by atoms with Crippen LogP contribution >= 0.6 is 11.6 Å². The van der Waals surface area contributed by atoms with Gasteiger partial charge in [0.2, 0.25) is 0 Å². The van der Waals surface area contributed by atoms with Crippen molar-refractivity contribution < 1.29 is 9.90 Å². The molecule has 0 aliphatic carbocycles. The molecule has 1 amide bonds. The van der Waals surface area contributed by atoms with Gasteiger partial charge in [0.05, 0.1) is 0 Å². The van der Waals surface area contributed by atoms with Crippen molar-refractivity contribution in [3.63, 3.8) is 0 Å². The van der Waals surface area contributed by atoms with Gasteiger partial charge in [-0.3, -0.25) is 5.32 Å². The van der Waals surface area contributed by atoms with Crippen LogP contribution in [0.25, 0.3) is 0 Å². The fourth-order valence-corrected chi connectivity index (χ4v) is 1.03. The highest BCUT2D eigenvalue weighted by atomic mass is 35.5. The topological polar surface area (TPSA) is 49.3 Å². The SMILES string of the molecule is Cc1c(Cl)cccc1NC(=O)O.